The first-order valence-corrected chi connectivity index (χ1v) is 6.85. The maximum absolute atomic E-state index is 11.7. The van der Waals surface area contributed by atoms with Crippen molar-refractivity contribution in [1.82, 2.24) is 4.57 Å². The molecule has 98 valence electrons. The van der Waals surface area contributed by atoms with Crippen LogP contribution in [0.1, 0.15) is 5.56 Å². The number of nitro benzene ring substituents is 1. The molecule has 1 heterocycles. The van der Waals surface area contributed by atoms with E-state index in [2.05, 4.69) is 31.9 Å². The predicted octanol–water partition coefficient (Wildman–Crippen LogP) is 3.33. The average molecular weight is 388 g/mol. The molecule has 0 saturated heterocycles. The largest absolute Gasteiger partial charge is 0.310 e. The summed E-state index contributed by atoms with van der Waals surface area (Å²) < 4.78 is 2.68. The van der Waals surface area contributed by atoms with Gasteiger partial charge in [-0.1, -0.05) is 6.07 Å². The monoisotopic (exact) mass is 386 g/mol. The molecule has 1 aromatic heterocycles. The molecule has 0 atom stereocenters. The first-order chi connectivity index (χ1) is 8.97. The van der Waals surface area contributed by atoms with Crippen LogP contribution in [0, 0.1) is 10.1 Å². The van der Waals surface area contributed by atoms with Gasteiger partial charge < -0.3 is 4.57 Å². The zero-order valence-corrected chi connectivity index (χ0v) is 12.7. The molecule has 0 bridgehead atoms. The van der Waals surface area contributed by atoms with Crippen molar-refractivity contribution < 1.29 is 4.92 Å². The summed E-state index contributed by atoms with van der Waals surface area (Å²) in [5, 5.41) is 10.8. The highest BCUT2D eigenvalue weighted by Crippen LogP contribution is 2.25. The highest BCUT2D eigenvalue weighted by Gasteiger charge is 2.12. The maximum atomic E-state index is 11.7. The van der Waals surface area contributed by atoms with Crippen molar-refractivity contribution in [2.24, 2.45) is 0 Å². The van der Waals surface area contributed by atoms with E-state index in [1.165, 1.54) is 16.7 Å². The van der Waals surface area contributed by atoms with Gasteiger partial charge >= 0.3 is 0 Å². The molecule has 0 radical (unpaired) electrons. The Morgan fingerprint density at radius 1 is 1.21 bits per heavy atom. The van der Waals surface area contributed by atoms with E-state index in [0.29, 0.717) is 10.0 Å². The van der Waals surface area contributed by atoms with E-state index in [-0.39, 0.29) is 17.8 Å². The minimum atomic E-state index is -0.461. The first-order valence-electron chi connectivity index (χ1n) is 5.26. The van der Waals surface area contributed by atoms with Crippen LogP contribution in [-0.4, -0.2) is 9.49 Å². The molecule has 0 fully saturated rings. The van der Waals surface area contributed by atoms with E-state index in [4.69, 9.17) is 0 Å². The Morgan fingerprint density at radius 3 is 2.63 bits per heavy atom. The van der Waals surface area contributed by atoms with Gasteiger partial charge in [0.15, 0.2) is 0 Å². The predicted molar refractivity (Wildman–Crippen MR) is 78.3 cm³/mol. The van der Waals surface area contributed by atoms with Crippen molar-refractivity contribution in [3.8, 4) is 0 Å². The van der Waals surface area contributed by atoms with Crippen molar-refractivity contribution in [3.05, 3.63) is 71.5 Å². The van der Waals surface area contributed by atoms with E-state index in [9.17, 15) is 14.9 Å². The Labute approximate surface area is 125 Å². The van der Waals surface area contributed by atoms with Gasteiger partial charge in [0.05, 0.1) is 15.9 Å². The van der Waals surface area contributed by atoms with Crippen molar-refractivity contribution in [2.75, 3.05) is 0 Å². The fraction of sp³-hybridized carbons (Fsp3) is 0.0833. The summed E-state index contributed by atoms with van der Waals surface area (Å²) in [6.07, 6.45) is 1.65. The zero-order chi connectivity index (χ0) is 14.0. The highest BCUT2D eigenvalue weighted by atomic mass is 79.9. The number of nitro groups is 1. The normalized spacial score (nSPS) is 10.4. The van der Waals surface area contributed by atoms with Crippen LogP contribution in [0.4, 0.5) is 5.69 Å². The lowest BCUT2D eigenvalue weighted by Gasteiger charge is -2.06. The quantitative estimate of drug-likeness (QED) is 0.599. The van der Waals surface area contributed by atoms with Crippen LogP contribution in [0.5, 0.6) is 0 Å². The van der Waals surface area contributed by atoms with Gasteiger partial charge in [0.25, 0.3) is 11.2 Å². The molecule has 5 nitrogen and oxygen atoms in total. The summed E-state index contributed by atoms with van der Waals surface area (Å²) in [6, 6.07) is 7.90. The smallest absolute Gasteiger partial charge is 0.283 e. The zero-order valence-electron chi connectivity index (χ0n) is 9.55. The van der Waals surface area contributed by atoms with Crippen LogP contribution in [-0.2, 0) is 6.54 Å². The Balaban J connectivity index is 2.39. The Morgan fingerprint density at radius 2 is 1.95 bits per heavy atom. The number of pyridine rings is 1. The Kier molecular flexibility index (Phi) is 4.16. The van der Waals surface area contributed by atoms with Crippen LogP contribution in [0.15, 0.2) is 50.3 Å². The number of benzene rings is 1. The SMILES string of the molecule is O=c1ccc(Br)cn1Cc1ccc(Br)c([N+](=O)[O-])c1. The van der Waals surface area contributed by atoms with Crippen LogP contribution in [0.3, 0.4) is 0 Å². The molecule has 0 aliphatic carbocycles. The minimum Gasteiger partial charge on any atom is -0.310 e. The third-order valence-electron chi connectivity index (χ3n) is 2.51. The van der Waals surface area contributed by atoms with E-state index in [0.717, 1.165) is 4.47 Å². The number of rotatable bonds is 3. The van der Waals surface area contributed by atoms with Gasteiger partial charge in [0.1, 0.15) is 0 Å². The van der Waals surface area contributed by atoms with Gasteiger partial charge in [-0.15, -0.1) is 0 Å². The number of nitrogens with zero attached hydrogens (tertiary/aromatic N) is 2. The van der Waals surface area contributed by atoms with Crippen LogP contribution >= 0.6 is 31.9 Å². The fourth-order valence-corrected chi connectivity index (χ4v) is 2.39. The average Bonchev–Trinajstić information content (AvgIpc) is 2.36. The summed E-state index contributed by atoms with van der Waals surface area (Å²) >= 11 is 6.41. The second kappa shape index (κ2) is 5.66. The van der Waals surface area contributed by atoms with Gasteiger partial charge in [0.2, 0.25) is 0 Å². The summed E-state index contributed by atoms with van der Waals surface area (Å²) in [5.41, 5.74) is 0.518. The number of hydrogen-bond acceptors (Lipinski definition) is 3. The molecule has 19 heavy (non-hydrogen) atoms. The van der Waals surface area contributed by atoms with Gasteiger partial charge in [-0.2, -0.15) is 0 Å². The standard InChI is InChI=1S/C12H8Br2N2O3/c13-9-2-4-12(17)15(7-9)6-8-1-3-10(14)11(5-8)16(18)19/h1-5,7H,6H2. The van der Waals surface area contributed by atoms with E-state index < -0.39 is 4.92 Å². The van der Waals surface area contributed by atoms with Gasteiger partial charge in [0, 0.05) is 22.8 Å². The maximum Gasteiger partial charge on any atom is 0.283 e. The Hall–Kier alpha value is -1.47. The second-order valence-corrected chi connectivity index (χ2v) is 5.63. The van der Waals surface area contributed by atoms with E-state index in [1.807, 2.05) is 0 Å². The summed E-state index contributed by atoms with van der Waals surface area (Å²) in [4.78, 5) is 22.0. The topological polar surface area (TPSA) is 65.1 Å². The van der Waals surface area contributed by atoms with Crippen LogP contribution < -0.4 is 5.56 Å². The molecule has 0 unspecified atom stereocenters. The number of halogens is 2. The molecule has 2 aromatic rings. The van der Waals surface area contributed by atoms with Crippen molar-refractivity contribution in [2.45, 2.75) is 6.54 Å². The minimum absolute atomic E-state index is 0.0134. The Bertz CT molecular complexity index is 698. The molecule has 2 rings (SSSR count). The van der Waals surface area contributed by atoms with Gasteiger partial charge in [-0.25, -0.2) is 0 Å². The molecule has 0 amide bonds. The molecule has 7 heteroatoms. The number of hydrogen-bond donors (Lipinski definition) is 0. The molecule has 1 aromatic carbocycles. The summed E-state index contributed by atoms with van der Waals surface area (Å²) in [5.74, 6) is 0. The fourth-order valence-electron chi connectivity index (χ4n) is 1.62. The van der Waals surface area contributed by atoms with Crippen molar-refractivity contribution in [3.63, 3.8) is 0 Å². The van der Waals surface area contributed by atoms with Gasteiger partial charge in [-0.3, -0.25) is 14.9 Å². The second-order valence-electron chi connectivity index (χ2n) is 3.86. The molecule has 0 aliphatic rings. The molecule has 0 N–H and O–H groups in total. The molecule has 0 saturated carbocycles. The lowest BCUT2D eigenvalue weighted by molar-refractivity contribution is -0.385. The molecule has 0 spiro atoms. The summed E-state index contributed by atoms with van der Waals surface area (Å²) in [6.45, 7) is 0.284. The van der Waals surface area contributed by atoms with E-state index in [1.54, 1.807) is 24.4 Å². The lowest BCUT2D eigenvalue weighted by atomic mass is 10.2. The van der Waals surface area contributed by atoms with Crippen LogP contribution in [0.2, 0.25) is 0 Å². The van der Waals surface area contributed by atoms with E-state index >= 15 is 0 Å². The van der Waals surface area contributed by atoms with Crippen molar-refractivity contribution >= 4 is 37.5 Å². The first kappa shape index (κ1) is 14.0. The summed E-state index contributed by atoms with van der Waals surface area (Å²) in [7, 11) is 0. The van der Waals surface area contributed by atoms with Crippen LogP contribution in [0.25, 0.3) is 0 Å². The third-order valence-corrected chi connectivity index (χ3v) is 3.65. The molecular weight excluding hydrogens is 380 g/mol. The third kappa shape index (κ3) is 3.30. The lowest BCUT2D eigenvalue weighted by Crippen LogP contribution is -2.18. The highest BCUT2D eigenvalue weighted by molar-refractivity contribution is 9.10. The van der Waals surface area contributed by atoms with Crippen molar-refractivity contribution in [1.29, 1.82) is 0 Å². The van der Waals surface area contributed by atoms with Gasteiger partial charge in [-0.05, 0) is 49.6 Å². The number of aromatic nitrogens is 1. The molecular formula is C12H8Br2N2O3. The molecule has 0 aliphatic heterocycles.